The standard InChI is InChI=1S/C19H36N4O7/c1-28-17(25)13-21-7-5-20-6-8-23(15-19(27)30-3)16(4-11-24)12-22(10-9-21)14-18(26)29-2/h16,20,24H,4-15H2,1-3H3. The Balaban J connectivity index is 2.99. The molecule has 11 nitrogen and oxygen atoms in total. The van der Waals surface area contributed by atoms with E-state index in [9.17, 15) is 19.5 Å². The second-order valence-electron chi connectivity index (χ2n) is 7.13. The summed E-state index contributed by atoms with van der Waals surface area (Å²) in [7, 11) is 4.04. The summed E-state index contributed by atoms with van der Waals surface area (Å²) in [4.78, 5) is 41.4. The summed E-state index contributed by atoms with van der Waals surface area (Å²) in [6.45, 7) is 4.32. The Labute approximate surface area is 178 Å². The summed E-state index contributed by atoms with van der Waals surface area (Å²) in [6.07, 6.45) is 0.445. The number of hydrogen-bond acceptors (Lipinski definition) is 11. The van der Waals surface area contributed by atoms with Crippen LogP contribution in [0.5, 0.6) is 0 Å². The van der Waals surface area contributed by atoms with E-state index in [4.69, 9.17) is 14.2 Å². The molecule has 1 saturated heterocycles. The summed E-state index contributed by atoms with van der Waals surface area (Å²) in [5.74, 6) is -1.04. The van der Waals surface area contributed by atoms with Gasteiger partial charge in [0.2, 0.25) is 0 Å². The van der Waals surface area contributed by atoms with Crippen LogP contribution < -0.4 is 5.32 Å². The molecule has 0 bridgehead atoms. The Morgan fingerprint density at radius 2 is 1.37 bits per heavy atom. The molecule has 0 spiro atoms. The van der Waals surface area contributed by atoms with Crippen molar-refractivity contribution in [1.29, 1.82) is 0 Å². The van der Waals surface area contributed by atoms with Gasteiger partial charge in [-0.3, -0.25) is 29.1 Å². The van der Waals surface area contributed by atoms with Crippen molar-refractivity contribution in [3.05, 3.63) is 0 Å². The molecule has 1 aliphatic rings. The number of methoxy groups -OCH3 is 3. The molecule has 1 unspecified atom stereocenters. The number of aliphatic hydroxyl groups is 1. The number of carbonyl (C=O) groups is 3. The van der Waals surface area contributed by atoms with Crippen molar-refractivity contribution in [2.75, 3.05) is 93.4 Å². The fourth-order valence-corrected chi connectivity index (χ4v) is 3.32. The predicted molar refractivity (Wildman–Crippen MR) is 109 cm³/mol. The topological polar surface area (TPSA) is 121 Å². The van der Waals surface area contributed by atoms with E-state index in [0.29, 0.717) is 52.2 Å². The number of ether oxygens (including phenoxy) is 3. The van der Waals surface area contributed by atoms with Crippen LogP contribution in [0.25, 0.3) is 0 Å². The molecular weight excluding hydrogens is 396 g/mol. The van der Waals surface area contributed by atoms with Crippen molar-refractivity contribution < 1.29 is 33.7 Å². The summed E-state index contributed by atoms with van der Waals surface area (Å²) in [6, 6.07) is -0.158. The van der Waals surface area contributed by atoms with Crippen LogP contribution in [0.1, 0.15) is 6.42 Å². The van der Waals surface area contributed by atoms with Gasteiger partial charge in [-0.25, -0.2) is 0 Å². The minimum atomic E-state index is -0.370. The van der Waals surface area contributed by atoms with Gasteiger partial charge in [-0.15, -0.1) is 0 Å². The molecule has 1 atom stereocenters. The molecule has 1 fully saturated rings. The van der Waals surface area contributed by atoms with E-state index in [1.165, 1.54) is 21.3 Å². The SMILES string of the molecule is COC(=O)CN1CCNCCN(CC(=O)OC)C(CCO)CN(CC(=O)OC)CC1. The van der Waals surface area contributed by atoms with E-state index in [0.717, 1.165) is 0 Å². The van der Waals surface area contributed by atoms with Crippen LogP contribution in [0, 0.1) is 0 Å². The molecule has 2 N–H and O–H groups in total. The van der Waals surface area contributed by atoms with Crippen LogP contribution in [-0.2, 0) is 28.6 Å². The number of carbonyl (C=O) groups excluding carboxylic acids is 3. The molecular formula is C19H36N4O7. The first kappa shape index (κ1) is 26.2. The van der Waals surface area contributed by atoms with Gasteiger partial charge in [0.05, 0.1) is 41.0 Å². The van der Waals surface area contributed by atoms with Crippen LogP contribution in [0.3, 0.4) is 0 Å². The molecule has 0 aromatic rings. The largest absolute Gasteiger partial charge is 0.468 e. The van der Waals surface area contributed by atoms with Crippen LogP contribution in [0.4, 0.5) is 0 Å². The highest BCUT2D eigenvalue weighted by molar-refractivity contribution is 5.72. The third-order valence-corrected chi connectivity index (χ3v) is 5.08. The zero-order chi connectivity index (χ0) is 22.4. The average molecular weight is 433 g/mol. The number of aliphatic hydroxyl groups excluding tert-OH is 1. The molecule has 0 aromatic heterocycles. The van der Waals surface area contributed by atoms with Crippen molar-refractivity contribution in [2.45, 2.75) is 12.5 Å². The molecule has 1 aliphatic heterocycles. The lowest BCUT2D eigenvalue weighted by Crippen LogP contribution is -2.52. The Kier molecular flexibility index (Phi) is 13.2. The lowest BCUT2D eigenvalue weighted by atomic mass is 10.1. The molecule has 1 rings (SSSR count). The molecule has 11 heteroatoms. The van der Waals surface area contributed by atoms with Crippen molar-refractivity contribution in [1.82, 2.24) is 20.0 Å². The Morgan fingerprint density at radius 3 is 1.97 bits per heavy atom. The van der Waals surface area contributed by atoms with E-state index in [-0.39, 0.29) is 50.2 Å². The lowest BCUT2D eigenvalue weighted by molar-refractivity contribution is -0.144. The monoisotopic (exact) mass is 432 g/mol. The van der Waals surface area contributed by atoms with Crippen molar-refractivity contribution in [2.24, 2.45) is 0 Å². The van der Waals surface area contributed by atoms with Crippen molar-refractivity contribution in [3.8, 4) is 0 Å². The average Bonchev–Trinajstić information content (AvgIpc) is 2.74. The van der Waals surface area contributed by atoms with Gasteiger partial charge >= 0.3 is 17.9 Å². The number of hydrogen-bond donors (Lipinski definition) is 2. The number of nitrogens with zero attached hydrogens (tertiary/aromatic N) is 3. The van der Waals surface area contributed by atoms with Gasteiger partial charge in [0, 0.05) is 58.5 Å². The second kappa shape index (κ2) is 15.1. The van der Waals surface area contributed by atoms with Gasteiger partial charge in [-0.1, -0.05) is 0 Å². The van der Waals surface area contributed by atoms with Gasteiger partial charge in [0.1, 0.15) is 0 Å². The molecule has 30 heavy (non-hydrogen) atoms. The van der Waals surface area contributed by atoms with Gasteiger partial charge in [0.25, 0.3) is 0 Å². The lowest BCUT2D eigenvalue weighted by Gasteiger charge is -2.36. The van der Waals surface area contributed by atoms with E-state index in [1.807, 2.05) is 14.7 Å². The molecule has 0 saturated carbocycles. The van der Waals surface area contributed by atoms with Gasteiger partial charge in [-0.05, 0) is 6.42 Å². The highest BCUT2D eigenvalue weighted by Crippen LogP contribution is 2.09. The maximum atomic E-state index is 11.9. The minimum absolute atomic E-state index is 0.0453. The van der Waals surface area contributed by atoms with Crippen LogP contribution in [0.15, 0.2) is 0 Å². The van der Waals surface area contributed by atoms with Crippen molar-refractivity contribution in [3.63, 3.8) is 0 Å². The third kappa shape index (κ3) is 10.3. The molecule has 174 valence electrons. The van der Waals surface area contributed by atoms with Gasteiger partial charge in [0.15, 0.2) is 0 Å². The normalized spacial score (nSPS) is 20.6. The second-order valence-corrected chi connectivity index (χ2v) is 7.13. The quantitative estimate of drug-likeness (QED) is 0.320. The van der Waals surface area contributed by atoms with E-state index in [1.54, 1.807) is 0 Å². The highest BCUT2D eigenvalue weighted by Gasteiger charge is 2.25. The molecule has 0 aromatic carbocycles. The first-order valence-electron chi connectivity index (χ1n) is 10.1. The fraction of sp³-hybridized carbons (Fsp3) is 0.842. The Hall–Kier alpha value is -1.79. The van der Waals surface area contributed by atoms with Gasteiger partial charge < -0.3 is 24.6 Å². The zero-order valence-corrected chi connectivity index (χ0v) is 18.3. The summed E-state index contributed by atoms with van der Waals surface area (Å²) >= 11 is 0. The predicted octanol–water partition coefficient (Wildman–Crippen LogP) is -2.23. The highest BCUT2D eigenvalue weighted by atomic mass is 16.5. The molecule has 0 radical (unpaired) electrons. The van der Waals surface area contributed by atoms with E-state index in [2.05, 4.69) is 5.32 Å². The van der Waals surface area contributed by atoms with Crippen LogP contribution in [-0.4, -0.2) is 137 Å². The van der Waals surface area contributed by atoms with E-state index < -0.39 is 0 Å². The fourth-order valence-electron chi connectivity index (χ4n) is 3.32. The summed E-state index contributed by atoms with van der Waals surface area (Å²) in [5.41, 5.74) is 0. The number of rotatable bonds is 8. The molecule has 0 amide bonds. The maximum Gasteiger partial charge on any atom is 0.319 e. The Bertz CT molecular complexity index is 535. The van der Waals surface area contributed by atoms with Crippen LogP contribution >= 0.6 is 0 Å². The smallest absolute Gasteiger partial charge is 0.319 e. The molecule has 0 aliphatic carbocycles. The Morgan fingerprint density at radius 1 is 0.833 bits per heavy atom. The van der Waals surface area contributed by atoms with Crippen LogP contribution in [0.2, 0.25) is 0 Å². The molecule has 1 heterocycles. The summed E-state index contributed by atoms with van der Waals surface area (Å²) in [5, 5.41) is 12.9. The summed E-state index contributed by atoms with van der Waals surface area (Å²) < 4.78 is 14.4. The maximum absolute atomic E-state index is 11.9. The minimum Gasteiger partial charge on any atom is -0.468 e. The van der Waals surface area contributed by atoms with Gasteiger partial charge in [-0.2, -0.15) is 0 Å². The first-order valence-corrected chi connectivity index (χ1v) is 10.1. The third-order valence-electron chi connectivity index (χ3n) is 5.08. The van der Waals surface area contributed by atoms with Crippen molar-refractivity contribution >= 4 is 17.9 Å². The first-order chi connectivity index (χ1) is 14.4. The van der Waals surface area contributed by atoms with E-state index >= 15 is 0 Å². The number of nitrogens with one attached hydrogen (secondary N) is 1. The number of esters is 3. The zero-order valence-electron chi connectivity index (χ0n) is 18.3.